The third kappa shape index (κ3) is 3.57. The Morgan fingerprint density at radius 2 is 2.30 bits per heavy atom. The van der Waals surface area contributed by atoms with Crippen molar-refractivity contribution in [2.24, 2.45) is 0 Å². The van der Waals surface area contributed by atoms with Crippen LogP contribution in [0.3, 0.4) is 0 Å². The van der Waals surface area contributed by atoms with E-state index in [2.05, 4.69) is 31.4 Å². The van der Waals surface area contributed by atoms with Crippen molar-refractivity contribution in [3.63, 3.8) is 0 Å². The van der Waals surface area contributed by atoms with Gasteiger partial charge in [-0.2, -0.15) is 5.10 Å². The van der Waals surface area contributed by atoms with Crippen molar-refractivity contribution >= 4 is 27.3 Å². The molecule has 6 nitrogen and oxygen atoms in total. The molecule has 2 aromatic rings. The molecule has 0 amide bonds. The van der Waals surface area contributed by atoms with Gasteiger partial charge in [0.15, 0.2) is 0 Å². The quantitative estimate of drug-likeness (QED) is 0.480. The largest absolute Gasteiger partial charge is 0.384 e. The number of H-pyrrole nitrogens is 1. The van der Waals surface area contributed by atoms with Crippen LogP contribution in [-0.4, -0.2) is 21.7 Å². The Hall–Kier alpha value is -1.89. The van der Waals surface area contributed by atoms with Crippen molar-refractivity contribution in [1.82, 2.24) is 10.2 Å². The monoisotopic (exact) mass is 338 g/mol. The lowest BCUT2D eigenvalue weighted by Crippen LogP contribution is -2.04. The zero-order chi connectivity index (χ0) is 14.5. The van der Waals surface area contributed by atoms with Crippen LogP contribution in [0.2, 0.25) is 0 Å². The molecule has 0 unspecified atom stereocenters. The number of nitro benzene ring substituents is 1. The maximum absolute atomic E-state index is 10.6. The van der Waals surface area contributed by atoms with E-state index in [1.807, 2.05) is 13.1 Å². The van der Waals surface area contributed by atoms with Crippen LogP contribution in [-0.2, 0) is 6.42 Å². The Morgan fingerprint density at radius 1 is 1.50 bits per heavy atom. The van der Waals surface area contributed by atoms with Crippen molar-refractivity contribution in [2.75, 3.05) is 11.9 Å². The van der Waals surface area contributed by atoms with E-state index in [0.717, 1.165) is 30.8 Å². The molecule has 2 rings (SSSR count). The minimum absolute atomic E-state index is 0.0800. The number of non-ortho nitro benzene ring substituents is 1. The number of aryl methyl sites for hydroxylation is 2. The molecule has 0 aliphatic carbocycles. The van der Waals surface area contributed by atoms with Gasteiger partial charge in [0.05, 0.1) is 11.1 Å². The molecule has 1 heterocycles. The summed E-state index contributed by atoms with van der Waals surface area (Å²) in [6.45, 7) is 2.80. The van der Waals surface area contributed by atoms with Gasteiger partial charge in [-0.3, -0.25) is 15.2 Å². The minimum atomic E-state index is -0.407. The number of aromatic nitrogens is 2. The van der Waals surface area contributed by atoms with Crippen molar-refractivity contribution in [3.05, 3.63) is 50.2 Å². The lowest BCUT2D eigenvalue weighted by molar-refractivity contribution is -0.384. The molecule has 0 bridgehead atoms. The van der Waals surface area contributed by atoms with E-state index in [9.17, 15) is 10.1 Å². The first-order chi connectivity index (χ1) is 9.58. The molecule has 0 fully saturated rings. The number of rotatable bonds is 6. The van der Waals surface area contributed by atoms with Crippen LogP contribution in [0, 0.1) is 17.0 Å². The van der Waals surface area contributed by atoms with Gasteiger partial charge in [0.1, 0.15) is 0 Å². The molecule has 20 heavy (non-hydrogen) atoms. The van der Waals surface area contributed by atoms with E-state index in [0.29, 0.717) is 4.47 Å². The van der Waals surface area contributed by atoms with Crippen LogP contribution < -0.4 is 5.32 Å². The molecular weight excluding hydrogens is 324 g/mol. The van der Waals surface area contributed by atoms with Crippen molar-refractivity contribution in [1.29, 1.82) is 0 Å². The van der Waals surface area contributed by atoms with Gasteiger partial charge in [-0.05, 0) is 47.3 Å². The number of aromatic amines is 1. The highest BCUT2D eigenvalue weighted by atomic mass is 79.9. The first-order valence-electron chi connectivity index (χ1n) is 6.24. The first-order valence-corrected chi connectivity index (χ1v) is 7.04. The van der Waals surface area contributed by atoms with E-state index in [-0.39, 0.29) is 5.69 Å². The Labute approximate surface area is 124 Å². The molecular formula is C13H15BrN4O2. The Morgan fingerprint density at radius 3 is 2.90 bits per heavy atom. The lowest BCUT2D eigenvalue weighted by Gasteiger charge is -2.08. The number of hydrogen-bond donors (Lipinski definition) is 2. The summed E-state index contributed by atoms with van der Waals surface area (Å²) >= 11 is 3.34. The normalized spacial score (nSPS) is 10.5. The number of anilines is 1. The summed E-state index contributed by atoms with van der Waals surface area (Å²) in [6.07, 6.45) is 3.75. The number of halogens is 1. The second-order valence-electron chi connectivity index (χ2n) is 4.47. The molecule has 0 saturated heterocycles. The van der Waals surface area contributed by atoms with Crippen LogP contribution >= 0.6 is 15.9 Å². The lowest BCUT2D eigenvalue weighted by atomic mass is 10.1. The summed E-state index contributed by atoms with van der Waals surface area (Å²) in [5.74, 6) is 0. The first kappa shape index (κ1) is 14.5. The van der Waals surface area contributed by atoms with Crippen LogP contribution in [0.25, 0.3) is 0 Å². The molecule has 0 atom stereocenters. The zero-order valence-corrected chi connectivity index (χ0v) is 12.6. The molecule has 0 saturated carbocycles. The van der Waals surface area contributed by atoms with Crippen LogP contribution in [0.5, 0.6) is 0 Å². The standard InChI is InChI=1S/C13H15BrN4O2/c1-9-10(8-16-17-9)3-2-6-15-13-5-4-11(18(19)20)7-12(13)14/h4-5,7-8,15H,2-3,6H2,1H3,(H,16,17). The Kier molecular flexibility index (Phi) is 4.73. The molecule has 0 radical (unpaired) electrons. The van der Waals surface area contributed by atoms with Gasteiger partial charge in [0.25, 0.3) is 5.69 Å². The fraction of sp³-hybridized carbons (Fsp3) is 0.308. The Bertz CT molecular complexity index is 612. The van der Waals surface area contributed by atoms with Gasteiger partial charge in [-0.25, -0.2) is 0 Å². The summed E-state index contributed by atoms with van der Waals surface area (Å²) in [4.78, 5) is 10.2. The second-order valence-corrected chi connectivity index (χ2v) is 5.33. The average Bonchev–Trinajstić information content (AvgIpc) is 2.81. The summed E-state index contributed by atoms with van der Waals surface area (Å²) in [7, 11) is 0. The van der Waals surface area contributed by atoms with Gasteiger partial charge in [0, 0.05) is 34.5 Å². The summed E-state index contributed by atoms with van der Waals surface area (Å²) in [6, 6.07) is 4.71. The highest BCUT2D eigenvalue weighted by Crippen LogP contribution is 2.27. The van der Waals surface area contributed by atoms with Crippen molar-refractivity contribution in [3.8, 4) is 0 Å². The molecule has 0 aliphatic heterocycles. The highest BCUT2D eigenvalue weighted by molar-refractivity contribution is 9.10. The number of nitrogens with zero attached hydrogens (tertiary/aromatic N) is 2. The highest BCUT2D eigenvalue weighted by Gasteiger charge is 2.08. The topological polar surface area (TPSA) is 83.8 Å². The predicted molar refractivity (Wildman–Crippen MR) is 80.9 cm³/mol. The third-order valence-corrected chi connectivity index (χ3v) is 3.69. The molecule has 106 valence electrons. The van der Waals surface area contributed by atoms with Crippen LogP contribution in [0.4, 0.5) is 11.4 Å². The van der Waals surface area contributed by atoms with Crippen LogP contribution in [0.15, 0.2) is 28.9 Å². The van der Waals surface area contributed by atoms with E-state index in [4.69, 9.17) is 0 Å². The van der Waals surface area contributed by atoms with E-state index in [1.54, 1.807) is 6.07 Å². The number of nitrogens with one attached hydrogen (secondary N) is 2. The molecule has 2 N–H and O–H groups in total. The van der Waals surface area contributed by atoms with E-state index < -0.39 is 4.92 Å². The number of benzene rings is 1. The fourth-order valence-corrected chi connectivity index (χ4v) is 2.40. The van der Waals surface area contributed by atoms with Crippen LogP contribution in [0.1, 0.15) is 17.7 Å². The van der Waals surface area contributed by atoms with Gasteiger partial charge >= 0.3 is 0 Å². The molecule has 7 heteroatoms. The molecule has 1 aromatic carbocycles. The van der Waals surface area contributed by atoms with Gasteiger partial charge < -0.3 is 5.32 Å². The predicted octanol–water partition coefficient (Wildman–Crippen LogP) is 3.43. The summed E-state index contributed by atoms with van der Waals surface area (Å²) < 4.78 is 0.700. The van der Waals surface area contributed by atoms with Gasteiger partial charge in [-0.1, -0.05) is 0 Å². The van der Waals surface area contributed by atoms with E-state index in [1.165, 1.54) is 17.7 Å². The molecule has 0 spiro atoms. The molecule has 0 aliphatic rings. The SMILES string of the molecule is Cc1[nH]ncc1CCCNc1ccc([N+](=O)[O-])cc1Br. The second kappa shape index (κ2) is 6.51. The minimum Gasteiger partial charge on any atom is -0.384 e. The maximum atomic E-state index is 10.6. The maximum Gasteiger partial charge on any atom is 0.270 e. The number of nitro groups is 1. The van der Waals surface area contributed by atoms with E-state index >= 15 is 0 Å². The van der Waals surface area contributed by atoms with Crippen molar-refractivity contribution in [2.45, 2.75) is 19.8 Å². The smallest absolute Gasteiger partial charge is 0.270 e. The summed E-state index contributed by atoms with van der Waals surface area (Å²) in [5, 5.41) is 20.8. The zero-order valence-electron chi connectivity index (χ0n) is 11.0. The third-order valence-electron chi connectivity index (χ3n) is 3.04. The number of hydrogen-bond acceptors (Lipinski definition) is 4. The molecule has 1 aromatic heterocycles. The van der Waals surface area contributed by atoms with Crippen molar-refractivity contribution < 1.29 is 4.92 Å². The Balaban J connectivity index is 1.85. The average molecular weight is 339 g/mol. The fourth-order valence-electron chi connectivity index (χ4n) is 1.89. The summed E-state index contributed by atoms with van der Waals surface area (Å²) in [5.41, 5.74) is 3.26. The van der Waals surface area contributed by atoms with Gasteiger partial charge in [0.2, 0.25) is 0 Å². The van der Waals surface area contributed by atoms with Gasteiger partial charge in [-0.15, -0.1) is 0 Å².